The number of nitrogens with two attached hydrogens (primary N) is 2. The van der Waals surface area contributed by atoms with Crippen LogP contribution in [0.2, 0.25) is 0 Å². The van der Waals surface area contributed by atoms with Gasteiger partial charge in [-0.15, -0.1) is 0 Å². The van der Waals surface area contributed by atoms with Crippen molar-refractivity contribution in [2.24, 2.45) is 11.5 Å². The van der Waals surface area contributed by atoms with E-state index in [0.29, 0.717) is 0 Å². The van der Waals surface area contributed by atoms with Gasteiger partial charge in [-0.1, -0.05) is 78.1 Å². The van der Waals surface area contributed by atoms with Crippen molar-refractivity contribution >= 4 is 0 Å². The molecular weight excluding hydrogens is 220 g/mol. The van der Waals surface area contributed by atoms with Crippen molar-refractivity contribution in [3.8, 4) is 0 Å². The highest BCUT2D eigenvalue weighted by Gasteiger charge is 2.11. The summed E-state index contributed by atoms with van der Waals surface area (Å²) in [6, 6.07) is 0.439. The van der Waals surface area contributed by atoms with Crippen LogP contribution in [-0.2, 0) is 0 Å². The molecule has 0 aliphatic heterocycles. The molecule has 0 aliphatic carbocycles. The van der Waals surface area contributed by atoms with Crippen molar-refractivity contribution in [3.63, 3.8) is 0 Å². The van der Waals surface area contributed by atoms with Crippen molar-refractivity contribution in [2.45, 2.75) is 103 Å². The highest BCUT2D eigenvalue weighted by Crippen LogP contribution is 2.12. The van der Waals surface area contributed by atoms with E-state index in [2.05, 4.69) is 13.8 Å². The summed E-state index contributed by atoms with van der Waals surface area (Å²) in [7, 11) is 0. The van der Waals surface area contributed by atoms with Crippen LogP contribution in [0.5, 0.6) is 0 Å². The summed E-state index contributed by atoms with van der Waals surface area (Å²) in [6.45, 7) is 4.49. The number of rotatable bonds is 13. The maximum Gasteiger partial charge on any atom is 0.0192 e. The van der Waals surface area contributed by atoms with Gasteiger partial charge >= 0.3 is 0 Å². The maximum absolute atomic E-state index is 6.14. The van der Waals surface area contributed by atoms with E-state index in [9.17, 15) is 0 Å². The normalized spacial score (nSPS) is 14.7. The number of unbranched alkanes of at least 4 members (excludes halogenated alkanes) is 8. The maximum atomic E-state index is 6.14. The molecule has 2 atom stereocenters. The van der Waals surface area contributed by atoms with Gasteiger partial charge in [0.05, 0.1) is 0 Å². The van der Waals surface area contributed by atoms with Gasteiger partial charge in [-0.25, -0.2) is 0 Å². The molecule has 0 saturated carbocycles. The molecule has 110 valence electrons. The molecule has 0 radical (unpaired) electrons. The molecule has 0 rings (SSSR count). The van der Waals surface area contributed by atoms with Crippen LogP contribution >= 0.6 is 0 Å². The van der Waals surface area contributed by atoms with E-state index in [4.69, 9.17) is 11.5 Å². The Balaban J connectivity index is 3.31. The molecular formula is C16H36N2. The minimum absolute atomic E-state index is 0.219. The molecule has 0 bridgehead atoms. The lowest BCUT2D eigenvalue weighted by atomic mass is 9.97. The Morgan fingerprint density at radius 3 is 1.39 bits per heavy atom. The number of hydrogen-bond donors (Lipinski definition) is 2. The van der Waals surface area contributed by atoms with Crippen molar-refractivity contribution in [3.05, 3.63) is 0 Å². The largest absolute Gasteiger partial charge is 0.326 e. The highest BCUT2D eigenvalue weighted by molar-refractivity contribution is 4.75. The van der Waals surface area contributed by atoms with Crippen molar-refractivity contribution in [1.29, 1.82) is 0 Å². The Bertz CT molecular complexity index is 159. The molecule has 0 aromatic carbocycles. The Kier molecular flexibility index (Phi) is 13.3. The van der Waals surface area contributed by atoms with Gasteiger partial charge in [-0.3, -0.25) is 0 Å². The van der Waals surface area contributed by atoms with E-state index in [1.807, 2.05) is 0 Å². The molecule has 2 unspecified atom stereocenters. The van der Waals surface area contributed by atoms with E-state index < -0.39 is 0 Å². The van der Waals surface area contributed by atoms with Crippen LogP contribution in [0.4, 0.5) is 0 Å². The van der Waals surface area contributed by atoms with Gasteiger partial charge in [0.2, 0.25) is 0 Å². The quantitative estimate of drug-likeness (QED) is 0.481. The summed E-state index contributed by atoms with van der Waals surface area (Å²) in [5, 5.41) is 0. The van der Waals surface area contributed by atoms with Crippen molar-refractivity contribution < 1.29 is 0 Å². The fourth-order valence-electron chi connectivity index (χ4n) is 2.40. The van der Waals surface area contributed by atoms with Crippen LogP contribution < -0.4 is 11.5 Å². The molecule has 0 aromatic heterocycles. The average molecular weight is 256 g/mol. The van der Waals surface area contributed by atoms with E-state index in [1.54, 1.807) is 0 Å². The fraction of sp³-hybridized carbons (Fsp3) is 1.00. The second-order valence-electron chi connectivity index (χ2n) is 5.73. The summed E-state index contributed by atoms with van der Waals surface area (Å²) < 4.78 is 0. The first-order chi connectivity index (χ1) is 8.72. The van der Waals surface area contributed by atoms with Gasteiger partial charge in [0.15, 0.2) is 0 Å². The first-order valence-electron chi connectivity index (χ1n) is 8.23. The third-order valence-corrected chi connectivity index (χ3v) is 3.83. The van der Waals surface area contributed by atoms with Crippen LogP contribution in [0.1, 0.15) is 90.9 Å². The second-order valence-corrected chi connectivity index (χ2v) is 5.73. The third-order valence-electron chi connectivity index (χ3n) is 3.83. The molecule has 4 N–H and O–H groups in total. The molecule has 0 aliphatic rings. The van der Waals surface area contributed by atoms with Gasteiger partial charge < -0.3 is 11.5 Å². The van der Waals surface area contributed by atoms with E-state index in [-0.39, 0.29) is 12.1 Å². The van der Waals surface area contributed by atoms with Gasteiger partial charge in [0, 0.05) is 12.1 Å². The minimum Gasteiger partial charge on any atom is -0.326 e. The van der Waals surface area contributed by atoms with Crippen LogP contribution in [0.25, 0.3) is 0 Å². The minimum atomic E-state index is 0.219. The summed E-state index contributed by atoms with van der Waals surface area (Å²) in [5.41, 5.74) is 12.3. The molecule has 18 heavy (non-hydrogen) atoms. The first kappa shape index (κ1) is 17.9. The summed E-state index contributed by atoms with van der Waals surface area (Å²) >= 11 is 0. The van der Waals surface area contributed by atoms with Crippen molar-refractivity contribution in [2.75, 3.05) is 0 Å². The van der Waals surface area contributed by atoms with Crippen LogP contribution in [0.15, 0.2) is 0 Å². The SMILES string of the molecule is CCCCCCCCCC(N)C(N)CCCCC. The predicted octanol–water partition coefficient (Wildman–Crippen LogP) is 4.36. The number of hydrogen-bond acceptors (Lipinski definition) is 2. The van der Waals surface area contributed by atoms with Crippen LogP contribution in [0, 0.1) is 0 Å². The molecule has 0 spiro atoms. The second kappa shape index (κ2) is 13.4. The molecule has 0 heterocycles. The zero-order valence-corrected chi connectivity index (χ0v) is 12.8. The Morgan fingerprint density at radius 2 is 0.889 bits per heavy atom. The average Bonchev–Trinajstić information content (AvgIpc) is 2.37. The highest BCUT2D eigenvalue weighted by atomic mass is 14.8. The molecule has 0 aromatic rings. The predicted molar refractivity (Wildman–Crippen MR) is 82.7 cm³/mol. The van der Waals surface area contributed by atoms with E-state index in [0.717, 1.165) is 12.8 Å². The van der Waals surface area contributed by atoms with Gasteiger partial charge in [0.1, 0.15) is 0 Å². The zero-order valence-electron chi connectivity index (χ0n) is 12.8. The molecule has 2 nitrogen and oxygen atoms in total. The Morgan fingerprint density at radius 1 is 0.556 bits per heavy atom. The van der Waals surface area contributed by atoms with E-state index in [1.165, 1.54) is 64.2 Å². The molecule has 0 fully saturated rings. The molecule has 2 heteroatoms. The van der Waals surface area contributed by atoms with Gasteiger partial charge in [-0.05, 0) is 12.8 Å². The van der Waals surface area contributed by atoms with Crippen LogP contribution in [0.3, 0.4) is 0 Å². The first-order valence-corrected chi connectivity index (χ1v) is 8.23. The summed E-state index contributed by atoms with van der Waals surface area (Å²) in [4.78, 5) is 0. The lowest BCUT2D eigenvalue weighted by Crippen LogP contribution is -2.41. The topological polar surface area (TPSA) is 52.0 Å². The van der Waals surface area contributed by atoms with Crippen LogP contribution in [-0.4, -0.2) is 12.1 Å². The molecule has 0 saturated heterocycles. The summed E-state index contributed by atoms with van der Waals surface area (Å²) in [5.74, 6) is 0. The smallest absolute Gasteiger partial charge is 0.0192 e. The van der Waals surface area contributed by atoms with Gasteiger partial charge in [-0.2, -0.15) is 0 Å². The lowest BCUT2D eigenvalue weighted by molar-refractivity contribution is 0.433. The van der Waals surface area contributed by atoms with Gasteiger partial charge in [0.25, 0.3) is 0 Å². The monoisotopic (exact) mass is 256 g/mol. The van der Waals surface area contributed by atoms with Crippen molar-refractivity contribution in [1.82, 2.24) is 0 Å². The Hall–Kier alpha value is -0.0800. The zero-order chi connectivity index (χ0) is 13.6. The third kappa shape index (κ3) is 11.0. The Labute approximate surface area is 115 Å². The molecule has 0 amide bonds. The lowest BCUT2D eigenvalue weighted by Gasteiger charge is -2.19. The van der Waals surface area contributed by atoms with E-state index >= 15 is 0 Å². The standard InChI is InChI=1S/C16H36N2/c1-3-5-7-8-9-10-12-14-16(18)15(17)13-11-6-4-2/h15-16H,3-14,17-18H2,1-2H3. The fourth-order valence-corrected chi connectivity index (χ4v) is 2.40. The summed E-state index contributed by atoms with van der Waals surface area (Å²) in [6.07, 6.45) is 15.5.